The molecule has 0 bridgehead atoms. The van der Waals surface area contributed by atoms with Gasteiger partial charge in [-0.25, -0.2) is 4.39 Å². The lowest BCUT2D eigenvalue weighted by atomic mass is 10.2. The predicted octanol–water partition coefficient (Wildman–Crippen LogP) is 1.35. The molecule has 0 amide bonds. The van der Waals surface area contributed by atoms with E-state index in [1.54, 1.807) is 7.11 Å². The van der Waals surface area contributed by atoms with Crippen LogP contribution in [-0.4, -0.2) is 44.6 Å². The first kappa shape index (κ1) is 16.2. The number of nitrogens with two attached hydrogens (primary N) is 1. The molecule has 0 saturated heterocycles. The molecule has 0 aliphatic carbocycles. The Kier molecular flexibility index (Phi) is 7.38. The standard InChI is InChI=1S/C13H19FN2O4/c1-18-7-8-19-5-2-6-20-12-4-3-10(9-11(12)14)13(15)16-17/h3-4,9,17H,2,5-8H2,1H3,(H2,15,16). The first-order valence-corrected chi connectivity index (χ1v) is 6.16. The van der Waals surface area contributed by atoms with Crippen molar-refractivity contribution in [3.63, 3.8) is 0 Å². The van der Waals surface area contributed by atoms with Gasteiger partial charge in [0.1, 0.15) is 0 Å². The molecule has 0 radical (unpaired) electrons. The molecule has 0 saturated carbocycles. The predicted molar refractivity (Wildman–Crippen MR) is 71.7 cm³/mol. The molecule has 3 N–H and O–H groups in total. The highest BCUT2D eigenvalue weighted by Gasteiger charge is 2.07. The van der Waals surface area contributed by atoms with Crippen molar-refractivity contribution in [3.05, 3.63) is 29.6 Å². The molecule has 20 heavy (non-hydrogen) atoms. The van der Waals surface area contributed by atoms with Gasteiger partial charge in [-0.05, 0) is 18.2 Å². The lowest BCUT2D eigenvalue weighted by Crippen LogP contribution is -2.13. The summed E-state index contributed by atoms with van der Waals surface area (Å²) in [5, 5.41) is 11.3. The highest BCUT2D eigenvalue weighted by molar-refractivity contribution is 5.97. The number of methoxy groups -OCH3 is 1. The van der Waals surface area contributed by atoms with E-state index in [1.807, 2.05) is 0 Å². The molecule has 112 valence electrons. The van der Waals surface area contributed by atoms with Gasteiger partial charge in [-0.15, -0.1) is 0 Å². The number of hydrogen-bond acceptors (Lipinski definition) is 5. The molecule has 0 fully saturated rings. The summed E-state index contributed by atoms with van der Waals surface area (Å²) in [4.78, 5) is 0. The highest BCUT2D eigenvalue weighted by Crippen LogP contribution is 2.18. The first-order valence-electron chi connectivity index (χ1n) is 6.16. The van der Waals surface area contributed by atoms with Gasteiger partial charge < -0.3 is 25.2 Å². The van der Waals surface area contributed by atoms with Crippen molar-refractivity contribution in [2.24, 2.45) is 10.9 Å². The van der Waals surface area contributed by atoms with Crippen LogP contribution in [0.3, 0.4) is 0 Å². The van der Waals surface area contributed by atoms with E-state index < -0.39 is 5.82 Å². The third-order valence-electron chi connectivity index (χ3n) is 2.46. The maximum absolute atomic E-state index is 13.7. The van der Waals surface area contributed by atoms with Crippen LogP contribution in [0, 0.1) is 5.82 Å². The van der Waals surface area contributed by atoms with Crippen molar-refractivity contribution in [2.75, 3.05) is 33.5 Å². The fourth-order valence-corrected chi connectivity index (χ4v) is 1.42. The maximum atomic E-state index is 13.7. The summed E-state index contributed by atoms with van der Waals surface area (Å²) in [5.74, 6) is -0.590. The van der Waals surface area contributed by atoms with Crippen LogP contribution in [-0.2, 0) is 9.47 Å². The van der Waals surface area contributed by atoms with Crippen LogP contribution in [0.15, 0.2) is 23.4 Å². The van der Waals surface area contributed by atoms with E-state index in [0.29, 0.717) is 38.4 Å². The van der Waals surface area contributed by atoms with Crippen LogP contribution >= 0.6 is 0 Å². The second kappa shape index (κ2) is 9.11. The molecule has 1 rings (SSSR count). The number of oxime groups is 1. The minimum Gasteiger partial charge on any atom is -0.490 e. The molecule has 0 heterocycles. The van der Waals surface area contributed by atoms with E-state index in [0.717, 1.165) is 6.07 Å². The van der Waals surface area contributed by atoms with Crippen molar-refractivity contribution < 1.29 is 23.8 Å². The van der Waals surface area contributed by atoms with Gasteiger partial charge in [0.05, 0.1) is 19.8 Å². The fourth-order valence-electron chi connectivity index (χ4n) is 1.42. The second-order valence-corrected chi connectivity index (χ2v) is 3.94. The van der Waals surface area contributed by atoms with Crippen LogP contribution in [0.1, 0.15) is 12.0 Å². The van der Waals surface area contributed by atoms with E-state index in [4.69, 9.17) is 25.2 Å². The molecule has 1 aromatic rings. The third-order valence-corrected chi connectivity index (χ3v) is 2.46. The minimum absolute atomic E-state index is 0.122. The SMILES string of the molecule is COCCOCCCOc1ccc(/C(N)=N/O)cc1F. The Balaban J connectivity index is 2.34. The molecule has 1 aromatic carbocycles. The average molecular weight is 286 g/mol. The Hall–Kier alpha value is -1.86. The fraction of sp³-hybridized carbons (Fsp3) is 0.462. The summed E-state index contributed by atoms with van der Waals surface area (Å²) in [6.45, 7) is 1.93. The van der Waals surface area contributed by atoms with Gasteiger partial charge in [-0.1, -0.05) is 5.16 Å². The van der Waals surface area contributed by atoms with Crippen LogP contribution in [0.4, 0.5) is 4.39 Å². The van der Waals surface area contributed by atoms with E-state index in [9.17, 15) is 4.39 Å². The molecule has 6 nitrogen and oxygen atoms in total. The smallest absolute Gasteiger partial charge is 0.170 e. The number of halogens is 1. The Bertz CT molecular complexity index is 440. The molecule has 0 atom stereocenters. The van der Waals surface area contributed by atoms with Gasteiger partial charge in [0, 0.05) is 25.7 Å². The summed E-state index contributed by atoms with van der Waals surface area (Å²) in [6.07, 6.45) is 0.644. The molecule has 0 aliphatic rings. The number of benzene rings is 1. The van der Waals surface area contributed by atoms with Crippen LogP contribution in [0.2, 0.25) is 0 Å². The quantitative estimate of drug-likeness (QED) is 0.235. The summed E-state index contributed by atoms with van der Waals surface area (Å²) >= 11 is 0. The Labute approximate surface area is 116 Å². The van der Waals surface area contributed by atoms with Crippen molar-refractivity contribution in [3.8, 4) is 5.75 Å². The van der Waals surface area contributed by atoms with Gasteiger partial charge >= 0.3 is 0 Å². The van der Waals surface area contributed by atoms with Crippen LogP contribution in [0.25, 0.3) is 0 Å². The van der Waals surface area contributed by atoms with Gasteiger partial charge in [-0.3, -0.25) is 0 Å². The largest absolute Gasteiger partial charge is 0.490 e. The number of rotatable bonds is 9. The normalized spacial score (nSPS) is 11.6. The molecular weight excluding hydrogens is 267 g/mol. The Morgan fingerprint density at radius 2 is 2.10 bits per heavy atom. The second-order valence-electron chi connectivity index (χ2n) is 3.94. The topological polar surface area (TPSA) is 86.3 Å². The monoisotopic (exact) mass is 286 g/mol. The van der Waals surface area contributed by atoms with Crippen molar-refractivity contribution in [1.29, 1.82) is 0 Å². The number of ether oxygens (including phenoxy) is 3. The summed E-state index contributed by atoms with van der Waals surface area (Å²) in [7, 11) is 1.60. The third kappa shape index (κ3) is 5.41. The minimum atomic E-state index is -0.561. The molecule has 0 aromatic heterocycles. The van der Waals surface area contributed by atoms with Crippen molar-refractivity contribution in [2.45, 2.75) is 6.42 Å². The lowest BCUT2D eigenvalue weighted by molar-refractivity contribution is 0.0642. The highest BCUT2D eigenvalue weighted by atomic mass is 19.1. The summed E-state index contributed by atoms with van der Waals surface area (Å²) in [5.41, 5.74) is 5.65. The van der Waals surface area contributed by atoms with E-state index in [2.05, 4.69) is 5.16 Å². The van der Waals surface area contributed by atoms with Crippen LogP contribution < -0.4 is 10.5 Å². The zero-order valence-electron chi connectivity index (χ0n) is 11.3. The maximum Gasteiger partial charge on any atom is 0.170 e. The molecule has 0 aliphatic heterocycles. The number of amidine groups is 1. The first-order chi connectivity index (χ1) is 9.69. The molecular formula is C13H19FN2O4. The Morgan fingerprint density at radius 3 is 2.75 bits per heavy atom. The van der Waals surface area contributed by atoms with E-state index in [1.165, 1.54) is 12.1 Å². The summed E-state index contributed by atoms with van der Waals surface area (Å²) in [6, 6.07) is 4.11. The zero-order chi connectivity index (χ0) is 14.8. The van der Waals surface area contributed by atoms with E-state index >= 15 is 0 Å². The molecule has 0 unspecified atom stereocenters. The number of hydrogen-bond donors (Lipinski definition) is 2. The zero-order valence-corrected chi connectivity index (χ0v) is 11.3. The van der Waals surface area contributed by atoms with E-state index in [-0.39, 0.29) is 11.6 Å². The molecule has 7 heteroatoms. The summed E-state index contributed by atoms with van der Waals surface area (Å²) < 4.78 is 29.0. The number of nitrogens with zero attached hydrogens (tertiary/aromatic N) is 1. The van der Waals surface area contributed by atoms with Gasteiger partial charge in [0.2, 0.25) is 0 Å². The average Bonchev–Trinajstić information content (AvgIpc) is 2.46. The van der Waals surface area contributed by atoms with Gasteiger partial charge in [0.25, 0.3) is 0 Å². The molecule has 0 spiro atoms. The van der Waals surface area contributed by atoms with Crippen molar-refractivity contribution >= 4 is 5.84 Å². The van der Waals surface area contributed by atoms with Gasteiger partial charge in [-0.2, -0.15) is 0 Å². The van der Waals surface area contributed by atoms with Gasteiger partial charge in [0.15, 0.2) is 17.4 Å². The Morgan fingerprint density at radius 1 is 1.30 bits per heavy atom. The van der Waals surface area contributed by atoms with Crippen LogP contribution in [0.5, 0.6) is 5.75 Å². The lowest BCUT2D eigenvalue weighted by Gasteiger charge is -2.08. The van der Waals surface area contributed by atoms with Crippen molar-refractivity contribution in [1.82, 2.24) is 0 Å².